The van der Waals surface area contributed by atoms with Gasteiger partial charge in [-0.3, -0.25) is 4.79 Å². The average Bonchev–Trinajstić information content (AvgIpc) is 2.77. The lowest BCUT2D eigenvalue weighted by Crippen LogP contribution is -2.45. The number of esters is 1. The number of hydrogen-bond acceptors (Lipinski definition) is 3. The average molecular weight is 237 g/mol. The zero-order valence-corrected chi connectivity index (χ0v) is 10.2. The Hall–Kier alpha value is -1.32. The summed E-state index contributed by atoms with van der Waals surface area (Å²) >= 11 is 0. The highest BCUT2D eigenvalue weighted by Gasteiger charge is 2.37. The molecule has 0 unspecified atom stereocenters. The molecule has 2 rings (SSSR count). The van der Waals surface area contributed by atoms with Crippen molar-refractivity contribution in [2.75, 3.05) is 7.11 Å². The molecule has 1 amide bonds. The zero-order chi connectivity index (χ0) is 12.3. The molecule has 0 aliphatic carbocycles. The molecule has 2 heterocycles. The van der Waals surface area contributed by atoms with Crippen LogP contribution in [0.15, 0.2) is 12.2 Å². The number of methoxy groups -OCH3 is 1. The molecule has 0 radical (unpaired) electrons. The van der Waals surface area contributed by atoms with Crippen molar-refractivity contribution >= 4 is 11.9 Å². The van der Waals surface area contributed by atoms with Crippen LogP contribution in [0.3, 0.4) is 0 Å². The monoisotopic (exact) mass is 237 g/mol. The molecule has 0 aromatic rings. The van der Waals surface area contributed by atoms with Crippen LogP contribution in [0, 0.1) is 0 Å². The normalized spacial score (nSPS) is 29.2. The van der Waals surface area contributed by atoms with Gasteiger partial charge in [0.2, 0.25) is 5.91 Å². The van der Waals surface area contributed by atoms with E-state index in [1.54, 1.807) is 11.0 Å². The van der Waals surface area contributed by atoms with Gasteiger partial charge in [-0.15, -0.1) is 0 Å². The number of fused-ring (bicyclic) bond motifs is 1. The fourth-order valence-corrected chi connectivity index (χ4v) is 2.63. The van der Waals surface area contributed by atoms with Crippen LogP contribution in [0.5, 0.6) is 0 Å². The lowest BCUT2D eigenvalue weighted by atomic mass is 10.1. The minimum absolute atomic E-state index is 0.0808. The van der Waals surface area contributed by atoms with E-state index in [9.17, 15) is 9.59 Å². The molecular weight excluding hydrogens is 218 g/mol. The summed E-state index contributed by atoms with van der Waals surface area (Å²) in [5.41, 5.74) is 0. The summed E-state index contributed by atoms with van der Waals surface area (Å²) in [5.74, 6) is -0.256. The van der Waals surface area contributed by atoms with Crippen LogP contribution in [0.25, 0.3) is 0 Å². The maximum Gasteiger partial charge on any atom is 0.332 e. The van der Waals surface area contributed by atoms with Crippen molar-refractivity contribution in [1.29, 1.82) is 0 Å². The van der Waals surface area contributed by atoms with Crippen molar-refractivity contribution < 1.29 is 14.3 Å². The van der Waals surface area contributed by atoms with E-state index in [4.69, 9.17) is 4.74 Å². The Morgan fingerprint density at radius 3 is 2.82 bits per heavy atom. The summed E-state index contributed by atoms with van der Waals surface area (Å²) in [5, 5.41) is 0. The predicted octanol–water partition coefficient (Wildman–Crippen LogP) is 1.65. The molecule has 0 bridgehead atoms. The quantitative estimate of drug-likeness (QED) is 0.514. The highest BCUT2D eigenvalue weighted by molar-refractivity contribution is 5.87. The third-order valence-corrected chi connectivity index (χ3v) is 3.54. The van der Waals surface area contributed by atoms with Gasteiger partial charge in [0, 0.05) is 6.42 Å². The first kappa shape index (κ1) is 12.1. The summed E-state index contributed by atoms with van der Waals surface area (Å²) in [6.07, 6.45) is 9.61. The summed E-state index contributed by atoms with van der Waals surface area (Å²) in [7, 11) is 1.37. The number of hydrogen-bond donors (Lipinski definition) is 0. The Balaban J connectivity index is 2.15. The Morgan fingerprint density at radius 1 is 1.29 bits per heavy atom. The third-order valence-electron chi connectivity index (χ3n) is 3.54. The lowest BCUT2D eigenvalue weighted by Gasteiger charge is -2.28. The number of rotatable bonds is 1. The Bertz CT molecular complexity index is 338. The maximum atomic E-state index is 12.1. The molecule has 2 aliphatic heterocycles. The van der Waals surface area contributed by atoms with Gasteiger partial charge >= 0.3 is 5.97 Å². The summed E-state index contributed by atoms with van der Waals surface area (Å²) < 4.78 is 4.75. The highest BCUT2D eigenvalue weighted by Crippen LogP contribution is 2.26. The fourth-order valence-electron chi connectivity index (χ4n) is 2.63. The Labute approximate surface area is 102 Å². The van der Waals surface area contributed by atoms with Crippen LogP contribution in [-0.4, -0.2) is 36.0 Å². The number of carbonyl (C=O) groups is 2. The van der Waals surface area contributed by atoms with Gasteiger partial charge in [0.05, 0.1) is 13.2 Å². The standard InChI is InChI=1S/C13H19NO3/c1-17-13(16)11-9-8-10-6-4-2-3-5-7-12(15)14(10)11/h8-11H,2-7H2,1H3/t10-,11-/m0/s1. The van der Waals surface area contributed by atoms with E-state index >= 15 is 0 Å². The van der Waals surface area contributed by atoms with Crippen LogP contribution < -0.4 is 0 Å². The van der Waals surface area contributed by atoms with Crippen molar-refractivity contribution in [3.8, 4) is 0 Å². The van der Waals surface area contributed by atoms with Gasteiger partial charge in [-0.2, -0.15) is 0 Å². The van der Waals surface area contributed by atoms with E-state index in [0.717, 1.165) is 25.7 Å². The van der Waals surface area contributed by atoms with Gasteiger partial charge < -0.3 is 9.64 Å². The van der Waals surface area contributed by atoms with E-state index < -0.39 is 6.04 Å². The molecule has 0 saturated carbocycles. The summed E-state index contributed by atoms with van der Waals surface area (Å²) in [4.78, 5) is 25.4. The summed E-state index contributed by atoms with van der Waals surface area (Å²) in [6.45, 7) is 0. The largest absolute Gasteiger partial charge is 0.467 e. The van der Waals surface area contributed by atoms with Crippen LogP contribution in [-0.2, 0) is 14.3 Å². The van der Waals surface area contributed by atoms with Crippen molar-refractivity contribution in [2.45, 2.75) is 50.6 Å². The van der Waals surface area contributed by atoms with Gasteiger partial charge in [0.25, 0.3) is 0 Å². The first-order valence-electron chi connectivity index (χ1n) is 6.31. The molecule has 1 fully saturated rings. The molecule has 94 valence electrons. The molecule has 17 heavy (non-hydrogen) atoms. The summed E-state index contributed by atoms with van der Waals surface area (Å²) in [6, 6.07) is -0.416. The minimum atomic E-state index is -0.504. The van der Waals surface area contributed by atoms with Crippen molar-refractivity contribution in [3.05, 3.63) is 12.2 Å². The lowest BCUT2D eigenvalue weighted by molar-refractivity contribution is -0.151. The van der Waals surface area contributed by atoms with E-state index in [0.29, 0.717) is 6.42 Å². The van der Waals surface area contributed by atoms with Gasteiger partial charge in [0.1, 0.15) is 6.04 Å². The van der Waals surface area contributed by atoms with Crippen molar-refractivity contribution in [1.82, 2.24) is 4.90 Å². The molecular formula is C13H19NO3. The molecule has 0 N–H and O–H groups in total. The molecule has 2 aliphatic rings. The van der Waals surface area contributed by atoms with E-state index in [1.165, 1.54) is 13.5 Å². The topological polar surface area (TPSA) is 46.6 Å². The maximum absolute atomic E-state index is 12.1. The van der Waals surface area contributed by atoms with Crippen molar-refractivity contribution in [3.63, 3.8) is 0 Å². The van der Waals surface area contributed by atoms with E-state index in [-0.39, 0.29) is 17.9 Å². The van der Waals surface area contributed by atoms with Crippen LogP contribution >= 0.6 is 0 Å². The second kappa shape index (κ2) is 5.34. The fraction of sp³-hybridized carbons (Fsp3) is 0.692. The SMILES string of the molecule is COC(=O)[C@@H]1C=C[C@@H]2CCCCCCC(=O)N21. The Kier molecular flexibility index (Phi) is 3.82. The van der Waals surface area contributed by atoms with Gasteiger partial charge in [-0.25, -0.2) is 4.79 Å². The third kappa shape index (κ3) is 2.51. The zero-order valence-electron chi connectivity index (χ0n) is 10.2. The van der Waals surface area contributed by atoms with Gasteiger partial charge in [0.15, 0.2) is 0 Å². The number of ether oxygens (including phenoxy) is 1. The van der Waals surface area contributed by atoms with Crippen molar-refractivity contribution in [2.24, 2.45) is 0 Å². The molecule has 0 aromatic carbocycles. The highest BCUT2D eigenvalue weighted by atomic mass is 16.5. The smallest absolute Gasteiger partial charge is 0.332 e. The second-order valence-corrected chi connectivity index (χ2v) is 4.67. The molecule has 0 spiro atoms. The first-order chi connectivity index (χ1) is 8.24. The Morgan fingerprint density at radius 2 is 2.06 bits per heavy atom. The number of amides is 1. The van der Waals surface area contributed by atoms with E-state index in [2.05, 4.69) is 0 Å². The van der Waals surface area contributed by atoms with E-state index in [1.807, 2.05) is 6.08 Å². The van der Waals surface area contributed by atoms with Gasteiger partial charge in [-0.05, 0) is 12.8 Å². The molecule has 4 nitrogen and oxygen atoms in total. The first-order valence-corrected chi connectivity index (χ1v) is 6.31. The van der Waals surface area contributed by atoms with Crippen LogP contribution in [0.1, 0.15) is 38.5 Å². The minimum Gasteiger partial charge on any atom is -0.467 e. The van der Waals surface area contributed by atoms with Crippen LogP contribution in [0.2, 0.25) is 0 Å². The molecule has 0 aromatic heterocycles. The predicted molar refractivity (Wildman–Crippen MR) is 63.3 cm³/mol. The number of nitrogens with zero attached hydrogens (tertiary/aromatic N) is 1. The second-order valence-electron chi connectivity index (χ2n) is 4.67. The molecule has 4 heteroatoms. The molecule has 2 atom stereocenters. The van der Waals surface area contributed by atoms with Gasteiger partial charge in [-0.1, -0.05) is 31.4 Å². The van der Waals surface area contributed by atoms with Crippen LogP contribution in [0.4, 0.5) is 0 Å². The number of carbonyl (C=O) groups excluding carboxylic acids is 2. The molecule has 1 saturated heterocycles.